The van der Waals surface area contributed by atoms with E-state index < -0.39 is 88.3 Å². The molecule has 25 heteroatoms. The maximum Gasteiger partial charge on any atom is 0.335 e. The number of H-pyrrole nitrogens is 1. The average molecular weight is 1200 g/mol. The van der Waals surface area contributed by atoms with Gasteiger partial charge in [-0.1, -0.05) is 55.8 Å². The van der Waals surface area contributed by atoms with E-state index in [4.69, 9.17) is 59.8 Å². The highest BCUT2D eigenvalue weighted by Gasteiger charge is 2.78. The number of nitrogens with zero attached hydrogens (tertiary/aromatic N) is 3. The predicted octanol–water partition coefficient (Wildman–Crippen LogP) is 1.82. The van der Waals surface area contributed by atoms with Gasteiger partial charge in [0.2, 0.25) is 0 Å². The summed E-state index contributed by atoms with van der Waals surface area (Å²) in [4.78, 5) is 92.9. The number of rotatable bonds is 16. The molecule has 1 amide bonds. The summed E-state index contributed by atoms with van der Waals surface area (Å²) in [5.41, 5.74) is 2.38. The average Bonchev–Trinajstić information content (AvgIpc) is 1.44. The number of benzene rings is 3. The van der Waals surface area contributed by atoms with Crippen LogP contribution in [-0.4, -0.2) is 218 Å². The molecule has 464 valence electrons. The number of esters is 2. The van der Waals surface area contributed by atoms with Crippen LogP contribution < -0.4 is 19.7 Å². The molecule has 13 atom stereocenters. The molecule has 5 aliphatic heterocycles. The van der Waals surface area contributed by atoms with Crippen molar-refractivity contribution in [3.05, 3.63) is 112 Å². The fourth-order valence-electron chi connectivity index (χ4n) is 14.6. The van der Waals surface area contributed by atoms with E-state index in [1.165, 1.54) is 19.6 Å². The van der Waals surface area contributed by atoms with Gasteiger partial charge < -0.3 is 80.1 Å². The number of para-hydroxylation sites is 1. The predicted molar refractivity (Wildman–Crippen MR) is 307 cm³/mol. The lowest BCUT2D eigenvalue weighted by molar-refractivity contribution is -0.216. The summed E-state index contributed by atoms with van der Waals surface area (Å²) in [6.07, 6.45) is -0.104. The van der Waals surface area contributed by atoms with Crippen molar-refractivity contribution in [2.24, 2.45) is 11.3 Å². The minimum Gasteiger partial charge on any atom is -0.497 e. The van der Waals surface area contributed by atoms with Crippen LogP contribution in [0.3, 0.4) is 0 Å². The number of carboxylic acids is 4. The SMILES string of the molecule is CCC1=C[C@@H]2CN(CCc3c([nH]c4ccccc34)[C@@](C(=O)OC)(c3cc4c(cc3OC)N(C)[C@H]3[C@@](O)(CNC(=O)c5ccc(OC)cc5)[C@H](OC(C)=O)[C@]5(CC)C=CCN6CC[C@]43[C@@H]65)C2)C1.O=C(O)C(O)C(O)C(=O)O.O=C(O)C(O)C(O)C(=O)O. The van der Waals surface area contributed by atoms with Crippen molar-refractivity contribution in [1.82, 2.24) is 20.1 Å². The van der Waals surface area contributed by atoms with Gasteiger partial charge in [-0.25, -0.2) is 19.2 Å². The monoisotopic (exact) mass is 1200 g/mol. The zero-order valence-corrected chi connectivity index (χ0v) is 48.8. The van der Waals surface area contributed by atoms with Crippen LogP contribution in [0.4, 0.5) is 5.69 Å². The number of ether oxygens (including phenoxy) is 4. The van der Waals surface area contributed by atoms with Gasteiger partial charge in [0.25, 0.3) is 5.91 Å². The number of methoxy groups -OCH3 is 3. The second-order valence-corrected chi connectivity index (χ2v) is 22.7. The van der Waals surface area contributed by atoms with Crippen LogP contribution in [0, 0.1) is 11.3 Å². The second-order valence-electron chi connectivity index (χ2n) is 22.7. The van der Waals surface area contributed by atoms with E-state index in [1.807, 2.05) is 19.2 Å². The van der Waals surface area contributed by atoms with Gasteiger partial charge in [-0.15, -0.1) is 0 Å². The van der Waals surface area contributed by atoms with Crippen LogP contribution in [0.1, 0.15) is 79.2 Å². The Balaban J connectivity index is 0.000000412. The minimum atomic E-state index is -2.27. The van der Waals surface area contributed by atoms with Gasteiger partial charge in [0.05, 0.1) is 33.9 Å². The molecule has 1 saturated heterocycles. The molecular weight excluding hydrogens is 1120 g/mol. The molecule has 86 heavy (non-hydrogen) atoms. The van der Waals surface area contributed by atoms with Gasteiger partial charge in [0, 0.05) is 96.5 Å². The normalized spacial score (nSPS) is 28.1. The van der Waals surface area contributed by atoms with Gasteiger partial charge >= 0.3 is 35.8 Å². The Labute approximate surface area is 495 Å². The van der Waals surface area contributed by atoms with Crippen LogP contribution in [-0.2, 0) is 55.5 Å². The number of amides is 1. The molecule has 0 radical (unpaired) electrons. The summed E-state index contributed by atoms with van der Waals surface area (Å²) in [5, 5.41) is 83.2. The fraction of sp³-hybridized carbons (Fsp3) is 0.492. The van der Waals surface area contributed by atoms with Crippen molar-refractivity contribution in [3.63, 3.8) is 0 Å². The molecular formula is C61H75N5O20. The highest BCUT2D eigenvalue weighted by atomic mass is 16.6. The van der Waals surface area contributed by atoms with Gasteiger partial charge in [0.15, 0.2) is 24.4 Å². The molecule has 2 bridgehead atoms. The van der Waals surface area contributed by atoms with Gasteiger partial charge in [-0.2, -0.15) is 0 Å². The number of fused-ring (bicyclic) bond motifs is 6. The Morgan fingerprint density at radius 3 is 1.99 bits per heavy atom. The molecule has 2 fully saturated rings. The van der Waals surface area contributed by atoms with E-state index in [1.54, 1.807) is 38.5 Å². The number of aliphatic carboxylic acids is 4. The van der Waals surface area contributed by atoms with E-state index in [2.05, 4.69) is 81.3 Å². The lowest BCUT2D eigenvalue weighted by Gasteiger charge is -2.64. The number of nitrogens with one attached hydrogen (secondary N) is 2. The first-order chi connectivity index (χ1) is 40.8. The molecule has 11 N–H and O–H groups in total. The smallest absolute Gasteiger partial charge is 0.335 e. The Morgan fingerprint density at radius 2 is 1.43 bits per heavy atom. The second kappa shape index (κ2) is 25.2. The van der Waals surface area contributed by atoms with Crippen molar-refractivity contribution in [2.75, 3.05) is 72.5 Å². The number of aromatic amines is 1. The maximum absolute atomic E-state index is 15.5. The lowest BCUT2D eigenvalue weighted by Crippen LogP contribution is -2.81. The third kappa shape index (κ3) is 11.0. The molecule has 10 rings (SSSR count). The summed E-state index contributed by atoms with van der Waals surface area (Å²) < 4.78 is 24.3. The first-order valence-electron chi connectivity index (χ1n) is 28.2. The Kier molecular flexibility index (Phi) is 18.8. The van der Waals surface area contributed by atoms with E-state index in [-0.39, 0.29) is 30.4 Å². The number of hydrogen-bond donors (Lipinski definition) is 11. The first-order valence-corrected chi connectivity index (χ1v) is 28.2. The Hall–Kier alpha value is -7.91. The number of aliphatic hydroxyl groups excluding tert-OH is 4. The molecule has 1 aromatic heterocycles. The molecule has 1 saturated carbocycles. The molecule has 4 aromatic rings. The molecule has 6 heterocycles. The zero-order chi connectivity index (χ0) is 63.0. The van der Waals surface area contributed by atoms with Crippen LogP contribution in [0.15, 0.2) is 84.5 Å². The van der Waals surface area contributed by atoms with Crippen LogP contribution in [0.2, 0.25) is 0 Å². The van der Waals surface area contributed by atoms with Crippen molar-refractivity contribution in [3.8, 4) is 11.5 Å². The highest BCUT2D eigenvalue weighted by molar-refractivity contribution is 5.95. The van der Waals surface area contributed by atoms with Crippen LogP contribution in [0.25, 0.3) is 10.9 Å². The number of carboxylic acid groups (broad SMARTS) is 4. The largest absolute Gasteiger partial charge is 0.497 e. The highest BCUT2D eigenvalue weighted by Crippen LogP contribution is 2.68. The number of aromatic nitrogens is 1. The summed E-state index contributed by atoms with van der Waals surface area (Å²) in [6, 6.07) is 18.5. The molecule has 5 unspecified atom stereocenters. The number of anilines is 1. The Morgan fingerprint density at radius 1 is 0.802 bits per heavy atom. The van der Waals surface area contributed by atoms with E-state index >= 15 is 4.79 Å². The van der Waals surface area contributed by atoms with E-state index in [0.717, 1.165) is 72.4 Å². The molecule has 6 aliphatic rings. The van der Waals surface area contributed by atoms with E-state index in [9.17, 15) is 33.9 Å². The fourth-order valence-corrected chi connectivity index (χ4v) is 14.6. The standard InChI is InChI=1S/C53H63N5O8.2C4H6O6/c1-8-33-25-34-28-52(49(61)65-7,44-38(19-23-57(29-33)30-34)37-13-10-11-14-41(37)55-44)40-26-39-42(27-43(40)64-6)56(4)47-51(39)21-24-58-22-12-20-50(9-2,46(51)58)48(66-32(3)59)53(47,62)31-54-45(60)35-15-17-36(63-5)18-16-35;2*5-1(3(7)8)2(6)4(9)10/h10-18,20,25-27,34,46-48,55,62H,8-9,19,21-24,28-31H2,1-7H3,(H,54,60);2*1-2,5-6H,(H,7,8)(H,9,10)/t34-,46-,47+,48+,50+,51+,52-,53-;;/m0../s1. The van der Waals surface area contributed by atoms with Gasteiger partial charge in [-0.3, -0.25) is 24.2 Å². The lowest BCUT2D eigenvalue weighted by atomic mass is 9.47. The van der Waals surface area contributed by atoms with Gasteiger partial charge in [-0.05, 0) is 92.1 Å². The van der Waals surface area contributed by atoms with Crippen LogP contribution >= 0.6 is 0 Å². The number of carbonyl (C=O) groups is 7. The van der Waals surface area contributed by atoms with Crippen molar-refractivity contribution in [2.45, 2.75) is 112 Å². The Bertz CT molecular complexity index is 3260. The molecule has 1 aliphatic carbocycles. The minimum absolute atomic E-state index is 0.0217. The molecule has 25 nitrogen and oxygen atoms in total. The maximum atomic E-state index is 15.5. The molecule has 1 spiro atoms. The number of likely N-dealkylation sites (N-methyl/N-ethyl adjacent to an activating group) is 1. The summed E-state index contributed by atoms with van der Waals surface area (Å²) in [7, 11) is 6.70. The third-order valence-electron chi connectivity index (χ3n) is 18.1. The van der Waals surface area contributed by atoms with Crippen molar-refractivity contribution < 1.29 is 98.5 Å². The zero-order valence-electron chi connectivity index (χ0n) is 48.8. The summed E-state index contributed by atoms with van der Waals surface area (Å²) in [6.45, 7) is 9.44. The summed E-state index contributed by atoms with van der Waals surface area (Å²) in [5.74, 6) is -7.16. The van der Waals surface area contributed by atoms with Crippen molar-refractivity contribution >= 4 is 58.3 Å². The van der Waals surface area contributed by atoms with Crippen molar-refractivity contribution in [1.29, 1.82) is 0 Å². The van der Waals surface area contributed by atoms with Gasteiger partial charge in [0.1, 0.15) is 28.6 Å². The first kappa shape index (κ1) is 64.1. The number of carbonyl (C=O) groups excluding carboxylic acids is 3. The quantitative estimate of drug-likeness (QED) is 0.0563. The van der Waals surface area contributed by atoms with E-state index in [0.29, 0.717) is 48.4 Å². The third-order valence-corrected chi connectivity index (χ3v) is 18.1. The molecule has 3 aromatic carbocycles. The number of hydrogen-bond acceptors (Lipinski definition) is 19. The summed E-state index contributed by atoms with van der Waals surface area (Å²) >= 11 is 0. The number of aliphatic hydroxyl groups is 5. The van der Waals surface area contributed by atoms with Crippen LogP contribution in [0.5, 0.6) is 11.5 Å². The topological polar surface area (TPSA) is 376 Å².